The minimum Gasteiger partial charge on any atom is -0.502 e. The Kier molecular flexibility index (Phi) is 5.88. The Morgan fingerprint density at radius 3 is 2.84 bits per heavy atom. The number of benzene rings is 2. The number of nitrogens with one attached hydrogen (secondary N) is 2. The number of nitro benzene ring substituents is 1. The quantitative estimate of drug-likeness (QED) is 0.400. The van der Waals surface area contributed by atoms with Crippen LogP contribution < -0.4 is 15.5 Å². The number of nitrogens with zero attached hydrogens (tertiary/aromatic N) is 2. The maximum Gasteiger partial charge on any atom is 0.311 e. The summed E-state index contributed by atoms with van der Waals surface area (Å²) < 4.78 is 5.16. The van der Waals surface area contributed by atoms with Gasteiger partial charge >= 0.3 is 5.69 Å². The van der Waals surface area contributed by atoms with E-state index in [0.717, 1.165) is 6.07 Å². The smallest absolute Gasteiger partial charge is 0.311 e. The lowest BCUT2D eigenvalue weighted by molar-refractivity contribution is -0.385. The second-order valence-corrected chi connectivity index (χ2v) is 4.85. The van der Waals surface area contributed by atoms with Crippen LogP contribution in [0.3, 0.4) is 0 Å². The van der Waals surface area contributed by atoms with Crippen molar-refractivity contribution in [1.82, 2.24) is 5.43 Å². The van der Waals surface area contributed by atoms with Crippen LogP contribution in [0.2, 0.25) is 0 Å². The summed E-state index contributed by atoms with van der Waals surface area (Å²) in [6.07, 6.45) is 1.24. The zero-order chi connectivity index (χ0) is 18.2. The lowest BCUT2D eigenvalue weighted by Gasteiger charge is -2.09. The van der Waals surface area contributed by atoms with Crippen molar-refractivity contribution < 1.29 is 19.6 Å². The van der Waals surface area contributed by atoms with E-state index in [1.54, 1.807) is 18.2 Å². The second-order valence-electron chi connectivity index (χ2n) is 4.85. The summed E-state index contributed by atoms with van der Waals surface area (Å²) in [6.45, 7) is -0.0343. The molecule has 0 fully saturated rings. The van der Waals surface area contributed by atoms with Crippen molar-refractivity contribution in [3.63, 3.8) is 0 Å². The fraction of sp³-hybridized carbons (Fsp3) is 0.125. The number of hydrogen-bond donors (Lipinski definition) is 3. The summed E-state index contributed by atoms with van der Waals surface area (Å²) in [5, 5.41) is 26.7. The van der Waals surface area contributed by atoms with E-state index in [4.69, 9.17) is 4.74 Å². The number of amides is 1. The van der Waals surface area contributed by atoms with E-state index in [-0.39, 0.29) is 6.54 Å². The normalized spacial score (nSPS) is 10.4. The summed E-state index contributed by atoms with van der Waals surface area (Å²) in [5.41, 5.74) is 2.89. The molecular formula is C16H16N4O5. The number of nitro groups is 1. The van der Waals surface area contributed by atoms with Crippen molar-refractivity contribution in [1.29, 1.82) is 0 Å². The van der Waals surface area contributed by atoms with Crippen molar-refractivity contribution >= 4 is 23.5 Å². The molecule has 0 aliphatic rings. The van der Waals surface area contributed by atoms with Crippen LogP contribution in [0.15, 0.2) is 47.6 Å². The number of carbonyl (C=O) groups excluding carboxylic acids is 1. The predicted molar refractivity (Wildman–Crippen MR) is 92.0 cm³/mol. The first-order valence-electron chi connectivity index (χ1n) is 7.17. The number of methoxy groups -OCH3 is 1. The van der Waals surface area contributed by atoms with Gasteiger partial charge in [0.15, 0.2) is 5.75 Å². The van der Waals surface area contributed by atoms with Gasteiger partial charge in [-0.15, -0.1) is 0 Å². The summed E-state index contributed by atoms with van der Waals surface area (Å²) in [4.78, 5) is 21.8. The Labute approximate surface area is 143 Å². The monoisotopic (exact) mass is 344 g/mol. The van der Waals surface area contributed by atoms with E-state index in [9.17, 15) is 20.0 Å². The lowest BCUT2D eigenvalue weighted by Crippen LogP contribution is -2.26. The van der Waals surface area contributed by atoms with Crippen molar-refractivity contribution in [2.45, 2.75) is 0 Å². The lowest BCUT2D eigenvalue weighted by atomic mass is 10.2. The van der Waals surface area contributed by atoms with Gasteiger partial charge in [-0.3, -0.25) is 14.9 Å². The highest BCUT2D eigenvalue weighted by atomic mass is 16.6. The summed E-state index contributed by atoms with van der Waals surface area (Å²) in [7, 11) is 1.53. The van der Waals surface area contributed by atoms with E-state index in [2.05, 4.69) is 15.8 Å². The van der Waals surface area contributed by atoms with E-state index in [1.165, 1.54) is 25.5 Å². The molecule has 0 aliphatic heterocycles. The highest BCUT2D eigenvalue weighted by Crippen LogP contribution is 2.25. The van der Waals surface area contributed by atoms with Gasteiger partial charge in [-0.2, -0.15) is 5.10 Å². The average Bonchev–Trinajstić information content (AvgIpc) is 2.61. The van der Waals surface area contributed by atoms with Gasteiger partial charge < -0.3 is 15.2 Å². The molecule has 0 aliphatic carbocycles. The number of aromatic hydroxyl groups is 1. The molecule has 0 bridgehead atoms. The first-order valence-corrected chi connectivity index (χ1v) is 7.17. The molecule has 2 rings (SSSR count). The molecule has 2 aromatic carbocycles. The molecule has 25 heavy (non-hydrogen) atoms. The molecule has 0 radical (unpaired) electrons. The van der Waals surface area contributed by atoms with Crippen LogP contribution in [0, 0.1) is 10.1 Å². The van der Waals surface area contributed by atoms with Crippen molar-refractivity contribution in [3.05, 3.63) is 58.1 Å². The third kappa shape index (κ3) is 4.93. The number of phenols is 1. The van der Waals surface area contributed by atoms with Crippen molar-refractivity contribution in [3.8, 4) is 11.5 Å². The van der Waals surface area contributed by atoms with Gasteiger partial charge in [-0.25, -0.2) is 5.43 Å². The maximum atomic E-state index is 11.8. The zero-order valence-electron chi connectivity index (χ0n) is 13.3. The summed E-state index contributed by atoms with van der Waals surface area (Å²) in [6, 6.07) is 10.9. The SMILES string of the molecule is COc1ccccc1NCC(=O)N/N=C\c1ccc(O)c([N+](=O)[O-])c1. The fourth-order valence-corrected chi connectivity index (χ4v) is 1.95. The van der Waals surface area contributed by atoms with Gasteiger partial charge in [0, 0.05) is 11.6 Å². The molecule has 130 valence electrons. The molecule has 0 unspecified atom stereocenters. The minimum atomic E-state index is -0.706. The average molecular weight is 344 g/mol. The molecule has 9 heteroatoms. The van der Waals surface area contributed by atoms with Crippen LogP contribution in [-0.2, 0) is 4.79 Å². The van der Waals surface area contributed by atoms with Crippen molar-refractivity contribution in [2.24, 2.45) is 5.10 Å². The third-order valence-electron chi connectivity index (χ3n) is 3.15. The molecular weight excluding hydrogens is 328 g/mol. The number of phenolic OH excluding ortho intramolecular Hbond substituents is 1. The van der Waals surface area contributed by atoms with Crippen LogP contribution >= 0.6 is 0 Å². The number of hydrogen-bond acceptors (Lipinski definition) is 7. The Hall–Kier alpha value is -3.62. The molecule has 3 N–H and O–H groups in total. The molecule has 0 atom stereocenters. The van der Waals surface area contributed by atoms with Crippen molar-refractivity contribution in [2.75, 3.05) is 19.0 Å². The van der Waals surface area contributed by atoms with Crippen LogP contribution in [0.25, 0.3) is 0 Å². The molecule has 0 aromatic heterocycles. The zero-order valence-corrected chi connectivity index (χ0v) is 13.3. The maximum absolute atomic E-state index is 11.8. The van der Waals surface area contributed by atoms with Gasteiger partial charge in [0.1, 0.15) is 5.75 Å². The van der Waals surface area contributed by atoms with Crippen LogP contribution in [-0.4, -0.2) is 35.8 Å². The van der Waals surface area contributed by atoms with E-state index in [1.807, 2.05) is 6.07 Å². The van der Waals surface area contributed by atoms with Gasteiger partial charge in [-0.05, 0) is 24.3 Å². The summed E-state index contributed by atoms with van der Waals surface area (Å²) in [5.74, 6) is -0.238. The van der Waals surface area contributed by atoms with E-state index >= 15 is 0 Å². The van der Waals surface area contributed by atoms with Crippen LogP contribution in [0.4, 0.5) is 11.4 Å². The summed E-state index contributed by atoms with van der Waals surface area (Å²) >= 11 is 0. The first-order chi connectivity index (χ1) is 12.0. The number of anilines is 1. The number of carbonyl (C=O) groups is 1. The largest absolute Gasteiger partial charge is 0.502 e. The van der Waals surface area contributed by atoms with Gasteiger partial charge in [0.05, 0.1) is 30.5 Å². The first kappa shape index (κ1) is 17.7. The Morgan fingerprint density at radius 1 is 1.36 bits per heavy atom. The fourth-order valence-electron chi connectivity index (χ4n) is 1.95. The minimum absolute atomic E-state index is 0.0343. The molecule has 0 spiro atoms. The third-order valence-corrected chi connectivity index (χ3v) is 3.15. The van der Waals surface area contributed by atoms with E-state index < -0.39 is 22.3 Å². The second kappa shape index (κ2) is 8.29. The molecule has 0 saturated heterocycles. The van der Waals surface area contributed by atoms with E-state index in [0.29, 0.717) is 17.0 Å². The number of hydrazone groups is 1. The predicted octanol–water partition coefficient (Wildman–Crippen LogP) is 1.87. The molecule has 0 saturated carbocycles. The van der Waals surface area contributed by atoms with Crippen LogP contribution in [0.1, 0.15) is 5.56 Å². The standard InChI is InChI=1S/C16H16N4O5/c1-25-15-5-3-2-4-12(15)17-10-16(22)19-18-9-11-6-7-14(21)13(8-11)20(23)24/h2-9,17,21H,10H2,1H3,(H,19,22)/b18-9-. The Bertz CT molecular complexity index is 807. The molecule has 2 aromatic rings. The van der Waals surface area contributed by atoms with Gasteiger partial charge in [0.25, 0.3) is 5.91 Å². The molecule has 9 nitrogen and oxygen atoms in total. The molecule has 0 heterocycles. The number of rotatable bonds is 7. The number of para-hydroxylation sites is 2. The highest BCUT2D eigenvalue weighted by Gasteiger charge is 2.12. The topological polar surface area (TPSA) is 126 Å². The highest BCUT2D eigenvalue weighted by molar-refractivity contribution is 5.85. The molecule has 1 amide bonds. The van der Waals surface area contributed by atoms with Gasteiger partial charge in [0.2, 0.25) is 0 Å². The van der Waals surface area contributed by atoms with Crippen LogP contribution in [0.5, 0.6) is 11.5 Å². The van der Waals surface area contributed by atoms with Gasteiger partial charge in [-0.1, -0.05) is 12.1 Å². The Morgan fingerprint density at radius 2 is 2.12 bits per heavy atom. The number of ether oxygens (including phenoxy) is 1. The Balaban J connectivity index is 1.90.